The van der Waals surface area contributed by atoms with Crippen molar-refractivity contribution in [2.45, 2.75) is 6.42 Å². The molecule has 2 rings (SSSR count). The summed E-state index contributed by atoms with van der Waals surface area (Å²) in [5, 5.41) is 6.91. The monoisotopic (exact) mass is 279 g/mol. The molecule has 8 heteroatoms. The molecular weight excluding hydrogens is 265 g/mol. The lowest BCUT2D eigenvalue weighted by molar-refractivity contribution is 0.824. The fourth-order valence-electron chi connectivity index (χ4n) is 1.17. The number of aromatic nitrogens is 4. The Balaban J connectivity index is 0. The van der Waals surface area contributed by atoms with Crippen molar-refractivity contribution in [2.75, 3.05) is 6.54 Å². The van der Waals surface area contributed by atoms with E-state index in [-0.39, 0.29) is 30.3 Å². The molecule has 0 amide bonds. The number of pyridine rings is 1. The van der Waals surface area contributed by atoms with Crippen LogP contribution in [0.4, 0.5) is 0 Å². The highest BCUT2D eigenvalue weighted by Gasteiger charge is 2.04. The maximum absolute atomic E-state index is 5.41. The first kappa shape index (κ1) is 18.2. The number of hydrogen-bond acceptors (Lipinski definition) is 4. The third kappa shape index (κ3) is 4.66. The summed E-state index contributed by atoms with van der Waals surface area (Å²) in [6, 6.07) is 3.77. The van der Waals surface area contributed by atoms with E-state index in [1.54, 1.807) is 12.4 Å². The average molecular weight is 280 g/mol. The molecule has 0 aliphatic carbocycles. The standard InChI is InChI=1S/C9H11N5.2ClH.H2O/c10-4-3-8-12-9(14-13-8)7-2-1-5-11-6-7;;;/h1-2,5-6H,3-4,10H2,(H,12,13,14);2*1H;1H2. The van der Waals surface area contributed by atoms with E-state index < -0.39 is 0 Å². The number of nitrogens with zero attached hydrogens (tertiary/aromatic N) is 3. The van der Waals surface area contributed by atoms with Crippen molar-refractivity contribution in [3.63, 3.8) is 0 Å². The Morgan fingerprint density at radius 1 is 1.29 bits per heavy atom. The van der Waals surface area contributed by atoms with Crippen LogP contribution in [-0.4, -0.2) is 32.2 Å². The first-order valence-corrected chi connectivity index (χ1v) is 4.42. The van der Waals surface area contributed by atoms with Crippen LogP contribution in [-0.2, 0) is 6.42 Å². The lowest BCUT2D eigenvalue weighted by Gasteiger charge is -1.91. The lowest BCUT2D eigenvalue weighted by atomic mass is 10.3. The Hall–Kier alpha value is -1.21. The van der Waals surface area contributed by atoms with Crippen LogP contribution in [0.15, 0.2) is 24.5 Å². The van der Waals surface area contributed by atoms with E-state index in [2.05, 4.69) is 20.2 Å². The lowest BCUT2D eigenvalue weighted by Crippen LogP contribution is -2.03. The summed E-state index contributed by atoms with van der Waals surface area (Å²) in [4.78, 5) is 8.28. The van der Waals surface area contributed by atoms with Crippen LogP contribution in [0.2, 0.25) is 0 Å². The Kier molecular flexibility index (Phi) is 9.49. The molecule has 2 aromatic rings. The van der Waals surface area contributed by atoms with E-state index in [9.17, 15) is 0 Å². The molecule has 6 nitrogen and oxygen atoms in total. The normalized spacial score (nSPS) is 8.53. The summed E-state index contributed by atoms with van der Waals surface area (Å²) in [7, 11) is 0. The van der Waals surface area contributed by atoms with E-state index in [1.165, 1.54) is 0 Å². The number of halogens is 2. The van der Waals surface area contributed by atoms with Crippen molar-refractivity contribution in [3.8, 4) is 11.4 Å². The Morgan fingerprint density at radius 3 is 2.65 bits per heavy atom. The molecule has 0 unspecified atom stereocenters. The fourth-order valence-corrected chi connectivity index (χ4v) is 1.17. The van der Waals surface area contributed by atoms with Gasteiger partial charge in [-0.3, -0.25) is 10.1 Å². The summed E-state index contributed by atoms with van der Waals surface area (Å²) in [6.07, 6.45) is 4.17. The van der Waals surface area contributed by atoms with Crippen LogP contribution in [0.5, 0.6) is 0 Å². The number of H-pyrrole nitrogens is 1. The summed E-state index contributed by atoms with van der Waals surface area (Å²) < 4.78 is 0. The number of aromatic amines is 1. The molecular formula is C9H15Cl2N5O. The van der Waals surface area contributed by atoms with Crippen LogP contribution >= 0.6 is 24.8 Å². The Labute approximate surface area is 111 Å². The molecule has 2 heterocycles. The second kappa shape index (κ2) is 8.89. The minimum atomic E-state index is 0. The molecule has 0 fully saturated rings. The molecule has 0 bridgehead atoms. The number of hydrogen-bond donors (Lipinski definition) is 2. The quantitative estimate of drug-likeness (QED) is 0.846. The van der Waals surface area contributed by atoms with Gasteiger partial charge in [-0.25, -0.2) is 4.98 Å². The number of nitrogens with two attached hydrogens (primary N) is 1. The maximum Gasteiger partial charge on any atom is 0.182 e. The summed E-state index contributed by atoms with van der Waals surface area (Å²) in [5.74, 6) is 1.48. The molecule has 96 valence electrons. The highest BCUT2D eigenvalue weighted by Crippen LogP contribution is 2.11. The zero-order valence-corrected chi connectivity index (χ0v) is 10.6. The van der Waals surface area contributed by atoms with Gasteiger partial charge in [-0.2, -0.15) is 5.10 Å². The van der Waals surface area contributed by atoms with Crippen molar-refractivity contribution < 1.29 is 5.48 Å². The fraction of sp³-hybridized carbons (Fsp3) is 0.222. The van der Waals surface area contributed by atoms with Gasteiger partial charge < -0.3 is 11.2 Å². The second-order valence-electron chi connectivity index (χ2n) is 2.89. The molecule has 2 aromatic heterocycles. The molecule has 0 aliphatic heterocycles. The van der Waals surface area contributed by atoms with E-state index in [4.69, 9.17) is 5.73 Å². The molecule has 5 N–H and O–H groups in total. The van der Waals surface area contributed by atoms with Crippen LogP contribution in [0, 0.1) is 0 Å². The van der Waals surface area contributed by atoms with E-state index in [0.29, 0.717) is 18.8 Å². The minimum absolute atomic E-state index is 0. The topological polar surface area (TPSA) is 112 Å². The summed E-state index contributed by atoms with van der Waals surface area (Å²) >= 11 is 0. The predicted octanol–water partition coefficient (Wildman–Crippen LogP) is 0.387. The molecule has 17 heavy (non-hydrogen) atoms. The maximum atomic E-state index is 5.41. The van der Waals surface area contributed by atoms with Crippen molar-refractivity contribution in [1.29, 1.82) is 0 Å². The zero-order chi connectivity index (χ0) is 9.80. The molecule has 0 aromatic carbocycles. The molecule has 0 saturated heterocycles. The van der Waals surface area contributed by atoms with Crippen molar-refractivity contribution in [2.24, 2.45) is 5.73 Å². The Bertz CT molecular complexity index is 409. The van der Waals surface area contributed by atoms with Gasteiger partial charge in [-0.05, 0) is 18.7 Å². The van der Waals surface area contributed by atoms with Crippen LogP contribution in [0.1, 0.15) is 5.82 Å². The van der Waals surface area contributed by atoms with Gasteiger partial charge in [0.05, 0.1) is 0 Å². The van der Waals surface area contributed by atoms with Gasteiger partial charge in [0.15, 0.2) is 5.82 Å². The number of rotatable bonds is 3. The van der Waals surface area contributed by atoms with Gasteiger partial charge in [0, 0.05) is 24.4 Å². The smallest absolute Gasteiger partial charge is 0.182 e. The van der Waals surface area contributed by atoms with Crippen LogP contribution < -0.4 is 5.73 Å². The van der Waals surface area contributed by atoms with Gasteiger partial charge in [0.25, 0.3) is 0 Å². The highest BCUT2D eigenvalue weighted by atomic mass is 35.5. The first-order valence-electron chi connectivity index (χ1n) is 4.42. The molecule has 0 radical (unpaired) electrons. The summed E-state index contributed by atoms with van der Waals surface area (Å²) in [5.41, 5.74) is 6.32. The van der Waals surface area contributed by atoms with Crippen molar-refractivity contribution >= 4 is 24.8 Å². The van der Waals surface area contributed by atoms with E-state index >= 15 is 0 Å². The van der Waals surface area contributed by atoms with Gasteiger partial charge >= 0.3 is 0 Å². The van der Waals surface area contributed by atoms with Gasteiger partial charge in [-0.1, -0.05) is 0 Å². The molecule has 0 aliphatic rings. The third-order valence-electron chi connectivity index (χ3n) is 1.83. The van der Waals surface area contributed by atoms with E-state index in [0.717, 1.165) is 11.4 Å². The van der Waals surface area contributed by atoms with Crippen LogP contribution in [0.3, 0.4) is 0 Å². The highest BCUT2D eigenvalue weighted by molar-refractivity contribution is 5.85. The third-order valence-corrected chi connectivity index (χ3v) is 1.83. The Morgan fingerprint density at radius 2 is 2.06 bits per heavy atom. The summed E-state index contributed by atoms with van der Waals surface area (Å²) in [6.45, 7) is 0.571. The molecule has 0 saturated carbocycles. The van der Waals surface area contributed by atoms with Crippen molar-refractivity contribution in [3.05, 3.63) is 30.4 Å². The zero-order valence-electron chi connectivity index (χ0n) is 8.96. The second-order valence-corrected chi connectivity index (χ2v) is 2.89. The SMILES string of the molecule is Cl.Cl.NCCc1nc(-c2cccnc2)n[nH]1.O. The number of nitrogens with one attached hydrogen (secondary N) is 1. The van der Waals surface area contributed by atoms with Gasteiger partial charge in [-0.15, -0.1) is 24.8 Å². The van der Waals surface area contributed by atoms with Gasteiger partial charge in [0.2, 0.25) is 0 Å². The van der Waals surface area contributed by atoms with Crippen molar-refractivity contribution in [1.82, 2.24) is 20.2 Å². The largest absolute Gasteiger partial charge is 0.412 e. The van der Waals surface area contributed by atoms with Gasteiger partial charge in [0.1, 0.15) is 5.82 Å². The molecule has 0 atom stereocenters. The van der Waals surface area contributed by atoms with E-state index in [1.807, 2.05) is 12.1 Å². The van der Waals surface area contributed by atoms with Crippen LogP contribution in [0.25, 0.3) is 11.4 Å². The molecule has 0 spiro atoms. The average Bonchev–Trinajstić information content (AvgIpc) is 2.68. The first-order chi connectivity index (χ1) is 6.90. The minimum Gasteiger partial charge on any atom is -0.412 e. The predicted molar refractivity (Wildman–Crippen MR) is 70.5 cm³/mol.